The van der Waals surface area contributed by atoms with Gasteiger partial charge in [0.15, 0.2) is 0 Å². The summed E-state index contributed by atoms with van der Waals surface area (Å²) in [7, 11) is 0. The van der Waals surface area contributed by atoms with Gasteiger partial charge >= 0.3 is 5.97 Å². The third-order valence-corrected chi connectivity index (χ3v) is 3.04. The molecule has 0 saturated heterocycles. The van der Waals surface area contributed by atoms with Gasteiger partial charge in [0.25, 0.3) is 5.91 Å². The van der Waals surface area contributed by atoms with E-state index in [1.54, 1.807) is 0 Å². The fraction of sp³-hybridized carbons (Fsp3) is 0. The number of carbonyl (C=O) groups is 2. The predicted octanol–water partition coefficient (Wildman–Crippen LogP) is 3.01. The number of nitrogen functional groups attached to an aromatic ring is 1. The summed E-state index contributed by atoms with van der Waals surface area (Å²) in [5.74, 6) is -2.41. The molecule has 0 spiro atoms. The minimum Gasteiger partial charge on any atom is -0.478 e. The molecule has 7 heteroatoms. The van der Waals surface area contributed by atoms with E-state index in [0.29, 0.717) is 0 Å². The Morgan fingerprint density at radius 1 is 1.14 bits per heavy atom. The fourth-order valence-corrected chi connectivity index (χ4v) is 1.84. The predicted molar refractivity (Wildman–Crippen MR) is 77.2 cm³/mol. The van der Waals surface area contributed by atoms with Crippen molar-refractivity contribution in [3.05, 3.63) is 58.4 Å². The lowest BCUT2D eigenvalue weighted by molar-refractivity contribution is 0.0696. The molecule has 0 heterocycles. The highest BCUT2D eigenvalue weighted by Crippen LogP contribution is 2.24. The van der Waals surface area contributed by atoms with Crippen molar-refractivity contribution in [3.8, 4) is 0 Å². The lowest BCUT2D eigenvalue weighted by Crippen LogP contribution is -2.13. The summed E-state index contributed by atoms with van der Waals surface area (Å²) < 4.78 is 13.3. The van der Waals surface area contributed by atoms with Gasteiger partial charge in [0, 0.05) is 5.56 Å². The molecule has 2 rings (SSSR count). The minimum absolute atomic E-state index is 0.00321. The number of hydrogen-bond donors (Lipinski definition) is 3. The second kappa shape index (κ2) is 5.80. The number of rotatable bonds is 3. The number of carboxylic acid groups (broad SMARTS) is 1. The summed E-state index contributed by atoms with van der Waals surface area (Å²) in [5.41, 5.74) is 5.56. The number of nitrogens with one attached hydrogen (secondary N) is 1. The molecule has 21 heavy (non-hydrogen) atoms. The topological polar surface area (TPSA) is 92.4 Å². The Labute approximate surface area is 124 Å². The first-order chi connectivity index (χ1) is 9.88. The Morgan fingerprint density at radius 3 is 2.38 bits per heavy atom. The van der Waals surface area contributed by atoms with Crippen LogP contribution in [0.5, 0.6) is 0 Å². The average molecular weight is 309 g/mol. The average Bonchev–Trinajstić information content (AvgIpc) is 2.43. The van der Waals surface area contributed by atoms with Crippen LogP contribution in [0.2, 0.25) is 5.02 Å². The summed E-state index contributed by atoms with van der Waals surface area (Å²) in [4.78, 5) is 22.7. The molecule has 0 radical (unpaired) electrons. The second-order valence-corrected chi connectivity index (χ2v) is 4.60. The highest BCUT2D eigenvalue weighted by atomic mass is 35.5. The number of benzene rings is 2. The molecule has 0 aliphatic rings. The van der Waals surface area contributed by atoms with Gasteiger partial charge in [-0.1, -0.05) is 11.6 Å². The van der Waals surface area contributed by atoms with E-state index in [1.807, 2.05) is 0 Å². The standard InChI is InChI=1S/C14H10ClFN2O3/c15-9-5-8(14(20)21)2-4-12(9)18-13(19)7-1-3-11(17)10(16)6-7/h1-6H,17H2,(H,18,19)(H,20,21). The monoisotopic (exact) mass is 308 g/mol. The van der Waals surface area contributed by atoms with Crippen molar-refractivity contribution >= 4 is 34.9 Å². The van der Waals surface area contributed by atoms with E-state index in [-0.39, 0.29) is 27.5 Å². The Morgan fingerprint density at radius 2 is 1.81 bits per heavy atom. The van der Waals surface area contributed by atoms with Crippen molar-refractivity contribution in [2.75, 3.05) is 11.1 Å². The van der Waals surface area contributed by atoms with E-state index in [4.69, 9.17) is 22.4 Å². The Hall–Kier alpha value is -2.60. The van der Waals surface area contributed by atoms with Gasteiger partial charge in [-0.2, -0.15) is 0 Å². The number of carbonyl (C=O) groups excluding carboxylic acids is 1. The molecule has 0 aliphatic heterocycles. The Balaban J connectivity index is 2.23. The molecule has 0 saturated carbocycles. The van der Waals surface area contributed by atoms with Crippen LogP contribution in [0.15, 0.2) is 36.4 Å². The molecule has 0 atom stereocenters. The van der Waals surface area contributed by atoms with E-state index < -0.39 is 17.7 Å². The number of nitrogens with two attached hydrogens (primary N) is 1. The van der Waals surface area contributed by atoms with Crippen molar-refractivity contribution in [2.45, 2.75) is 0 Å². The zero-order chi connectivity index (χ0) is 15.6. The molecular formula is C14H10ClFN2O3. The molecule has 108 valence electrons. The molecule has 0 fully saturated rings. The van der Waals surface area contributed by atoms with Crippen LogP contribution in [-0.2, 0) is 0 Å². The van der Waals surface area contributed by atoms with E-state index in [9.17, 15) is 14.0 Å². The van der Waals surface area contributed by atoms with E-state index in [0.717, 1.165) is 6.07 Å². The summed E-state index contributed by atoms with van der Waals surface area (Å²) in [5, 5.41) is 11.4. The quantitative estimate of drug-likeness (QED) is 0.760. The summed E-state index contributed by atoms with van der Waals surface area (Å²) in [6.45, 7) is 0. The van der Waals surface area contributed by atoms with Gasteiger partial charge < -0.3 is 16.2 Å². The lowest BCUT2D eigenvalue weighted by Gasteiger charge is -2.08. The molecule has 0 unspecified atom stereocenters. The molecule has 5 nitrogen and oxygen atoms in total. The third-order valence-electron chi connectivity index (χ3n) is 2.73. The molecule has 2 aromatic carbocycles. The van der Waals surface area contributed by atoms with E-state index in [1.165, 1.54) is 30.3 Å². The number of anilines is 2. The number of carboxylic acids is 1. The van der Waals surface area contributed by atoms with Crippen LogP contribution < -0.4 is 11.1 Å². The van der Waals surface area contributed by atoms with Crippen molar-refractivity contribution in [3.63, 3.8) is 0 Å². The molecular weight excluding hydrogens is 299 g/mol. The SMILES string of the molecule is Nc1ccc(C(=O)Nc2ccc(C(=O)O)cc2Cl)cc1F. The van der Waals surface area contributed by atoms with Gasteiger partial charge in [0.05, 0.1) is 22.0 Å². The van der Waals surface area contributed by atoms with Crippen LogP contribution in [0, 0.1) is 5.82 Å². The van der Waals surface area contributed by atoms with E-state index in [2.05, 4.69) is 5.32 Å². The van der Waals surface area contributed by atoms with Gasteiger partial charge in [-0.15, -0.1) is 0 Å². The van der Waals surface area contributed by atoms with Crippen molar-refractivity contribution in [1.29, 1.82) is 0 Å². The van der Waals surface area contributed by atoms with Crippen molar-refractivity contribution in [1.82, 2.24) is 0 Å². The Bertz CT molecular complexity index is 734. The van der Waals surface area contributed by atoms with Crippen LogP contribution in [0.4, 0.5) is 15.8 Å². The smallest absolute Gasteiger partial charge is 0.335 e. The highest BCUT2D eigenvalue weighted by molar-refractivity contribution is 6.34. The first kappa shape index (κ1) is 14.8. The Kier molecular flexibility index (Phi) is 4.09. The zero-order valence-electron chi connectivity index (χ0n) is 10.6. The molecule has 0 aliphatic carbocycles. The van der Waals surface area contributed by atoms with Gasteiger partial charge in [0.2, 0.25) is 0 Å². The molecule has 0 aromatic heterocycles. The normalized spacial score (nSPS) is 10.2. The summed E-state index contributed by atoms with van der Waals surface area (Å²) in [6, 6.07) is 7.52. The molecule has 1 amide bonds. The maximum absolute atomic E-state index is 13.3. The van der Waals surface area contributed by atoms with Crippen LogP contribution >= 0.6 is 11.6 Å². The van der Waals surface area contributed by atoms with Crippen LogP contribution in [0.3, 0.4) is 0 Å². The first-order valence-electron chi connectivity index (χ1n) is 5.77. The van der Waals surface area contributed by atoms with Gasteiger partial charge in [-0.3, -0.25) is 4.79 Å². The highest BCUT2D eigenvalue weighted by Gasteiger charge is 2.12. The van der Waals surface area contributed by atoms with Gasteiger partial charge in [0.1, 0.15) is 5.82 Å². The third kappa shape index (κ3) is 3.29. The maximum atomic E-state index is 13.3. The van der Waals surface area contributed by atoms with Crippen LogP contribution in [0.1, 0.15) is 20.7 Å². The van der Waals surface area contributed by atoms with Gasteiger partial charge in [-0.05, 0) is 36.4 Å². The second-order valence-electron chi connectivity index (χ2n) is 4.19. The van der Waals surface area contributed by atoms with Crippen molar-refractivity contribution < 1.29 is 19.1 Å². The number of hydrogen-bond acceptors (Lipinski definition) is 3. The lowest BCUT2D eigenvalue weighted by atomic mass is 10.1. The van der Waals surface area contributed by atoms with Gasteiger partial charge in [-0.25, -0.2) is 9.18 Å². The summed E-state index contributed by atoms with van der Waals surface area (Å²) >= 11 is 5.89. The van der Waals surface area contributed by atoms with E-state index >= 15 is 0 Å². The minimum atomic E-state index is -1.13. The van der Waals surface area contributed by atoms with Crippen LogP contribution in [0.25, 0.3) is 0 Å². The summed E-state index contributed by atoms with van der Waals surface area (Å²) in [6.07, 6.45) is 0. The first-order valence-corrected chi connectivity index (χ1v) is 6.15. The molecule has 4 N–H and O–H groups in total. The van der Waals surface area contributed by atoms with Crippen LogP contribution in [-0.4, -0.2) is 17.0 Å². The van der Waals surface area contributed by atoms with Crippen molar-refractivity contribution in [2.24, 2.45) is 0 Å². The maximum Gasteiger partial charge on any atom is 0.335 e. The number of aromatic carboxylic acids is 1. The largest absolute Gasteiger partial charge is 0.478 e. The molecule has 2 aromatic rings. The number of amides is 1. The molecule has 0 bridgehead atoms. The zero-order valence-corrected chi connectivity index (χ0v) is 11.3. The fourth-order valence-electron chi connectivity index (χ4n) is 1.61. The number of halogens is 2.